The Labute approximate surface area is 142 Å². The van der Waals surface area contributed by atoms with Gasteiger partial charge in [-0.25, -0.2) is 4.98 Å². The molecule has 1 aromatic carbocycles. The molecule has 1 heterocycles. The van der Waals surface area contributed by atoms with Gasteiger partial charge >= 0.3 is 0 Å². The molecule has 0 aliphatic rings. The standard InChI is InChI=1S/C19H21ClN2O/c1-13(12-19(2,3)4)14-5-7-15(8-6-14)18(23)22-16-9-10-21-17(20)11-16/h5-12H,1-4H3,(H,21,22,23). The van der Waals surface area contributed by atoms with E-state index in [2.05, 4.69) is 44.1 Å². The number of carbonyl (C=O) groups is 1. The minimum atomic E-state index is -0.170. The summed E-state index contributed by atoms with van der Waals surface area (Å²) in [6, 6.07) is 10.9. The Bertz CT molecular complexity index is 728. The molecule has 0 spiro atoms. The number of carbonyl (C=O) groups excluding carboxylic acids is 1. The number of hydrogen-bond donors (Lipinski definition) is 1. The van der Waals surface area contributed by atoms with E-state index >= 15 is 0 Å². The summed E-state index contributed by atoms with van der Waals surface area (Å²) in [7, 11) is 0. The van der Waals surface area contributed by atoms with Crippen LogP contribution >= 0.6 is 11.6 Å². The van der Waals surface area contributed by atoms with Crippen LogP contribution in [0.2, 0.25) is 5.15 Å². The summed E-state index contributed by atoms with van der Waals surface area (Å²) in [5.74, 6) is -0.170. The number of halogens is 1. The number of anilines is 1. The Morgan fingerprint density at radius 2 is 1.74 bits per heavy atom. The number of aromatic nitrogens is 1. The summed E-state index contributed by atoms with van der Waals surface area (Å²) >= 11 is 5.81. The number of benzene rings is 1. The molecular weight excluding hydrogens is 308 g/mol. The molecule has 0 saturated heterocycles. The van der Waals surface area contributed by atoms with Gasteiger partial charge in [0.05, 0.1) is 0 Å². The minimum absolute atomic E-state index is 0.126. The van der Waals surface area contributed by atoms with Crippen LogP contribution in [-0.2, 0) is 0 Å². The molecule has 3 nitrogen and oxygen atoms in total. The normalized spacial score (nSPS) is 12.1. The maximum atomic E-state index is 12.2. The van der Waals surface area contributed by atoms with Gasteiger partial charge in [-0.2, -0.15) is 0 Å². The van der Waals surface area contributed by atoms with Gasteiger partial charge in [0.25, 0.3) is 5.91 Å². The Morgan fingerprint density at radius 3 is 2.30 bits per heavy atom. The predicted molar refractivity (Wildman–Crippen MR) is 96.7 cm³/mol. The van der Waals surface area contributed by atoms with Crippen molar-refractivity contribution in [2.45, 2.75) is 27.7 Å². The Hall–Kier alpha value is -2.13. The van der Waals surface area contributed by atoms with Crippen LogP contribution in [0.1, 0.15) is 43.6 Å². The van der Waals surface area contributed by atoms with Crippen molar-refractivity contribution >= 4 is 28.8 Å². The molecule has 0 atom stereocenters. The summed E-state index contributed by atoms with van der Waals surface area (Å²) in [5.41, 5.74) is 3.67. The lowest BCUT2D eigenvalue weighted by molar-refractivity contribution is 0.102. The van der Waals surface area contributed by atoms with Crippen molar-refractivity contribution in [2.75, 3.05) is 5.32 Å². The van der Waals surface area contributed by atoms with E-state index in [4.69, 9.17) is 11.6 Å². The van der Waals surface area contributed by atoms with Crippen molar-refractivity contribution < 1.29 is 4.79 Å². The van der Waals surface area contributed by atoms with Crippen molar-refractivity contribution in [1.29, 1.82) is 0 Å². The number of rotatable bonds is 3. The SMILES string of the molecule is CC(=CC(C)(C)C)c1ccc(C(=O)Nc2ccnc(Cl)c2)cc1. The van der Waals surface area contributed by atoms with Gasteiger partial charge in [-0.1, -0.05) is 50.6 Å². The number of pyridine rings is 1. The van der Waals surface area contributed by atoms with Crippen molar-refractivity contribution in [3.05, 3.63) is 65.0 Å². The van der Waals surface area contributed by atoms with Crippen molar-refractivity contribution in [1.82, 2.24) is 4.98 Å². The second-order valence-electron chi connectivity index (χ2n) is 6.59. The van der Waals surface area contributed by atoms with E-state index in [0.29, 0.717) is 16.4 Å². The van der Waals surface area contributed by atoms with E-state index in [9.17, 15) is 4.79 Å². The summed E-state index contributed by atoms with van der Waals surface area (Å²) in [6.45, 7) is 8.58. The number of nitrogens with zero attached hydrogens (tertiary/aromatic N) is 1. The van der Waals surface area contributed by atoms with Crippen molar-refractivity contribution in [3.8, 4) is 0 Å². The van der Waals surface area contributed by atoms with Gasteiger partial charge < -0.3 is 5.32 Å². The van der Waals surface area contributed by atoms with Gasteiger partial charge in [0.1, 0.15) is 5.15 Å². The van der Waals surface area contributed by atoms with E-state index < -0.39 is 0 Å². The molecule has 23 heavy (non-hydrogen) atoms. The number of nitrogens with one attached hydrogen (secondary N) is 1. The first-order valence-electron chi connectivity index (χ1n) is 7.47. The molecule has 120 valence electrons. The quantitative estimate of drug-likeness (QED) is 0.762. The van der Waals surface area contributed by atoms with Gasteiger partial charge in [-0.3, -0.25) is 4.79 Å². The van der Waals surface area contributed by atoms with Gasteiger partial charge in [0.15, 0.2) is 0 Å². The average Bonchev–Trinajstić information content (AvgIpc) is 2.45. The fraction of sp³-hybridized carbons (Fsp3) is 0.263. The number of allylic oxidation sites excluding steroid dienone is 2. The van der Waals surface area contributed by atoms with Gasteiger partial charge in [-0.05, 0) is 47.7 Å². The molecule has 1 aromatic heterocycles. The maximum absolute atomic E-state index is 12.2. The molecule has 2 rings (SSSR count). The lowest BCUT2D eigenvalue weighted by Crippen LogP contribution is -2.11. The third kappa shape index (κ3) is 5.22. The third-order valence-electron chi connectivity index (χ3n) is 3.24. The first kappa shape index (κ1) is 17.2. The molecule has 0 saturated carbocycles. The summed E-state index contributed by atoms with van der Waals surface area (Å²) in [4.78, 5) is 16.1. The van der Waals surface area contributed by atoms with Gasteiger partial charge in [0.2, 0.25) is 0 Å². The van der Waals surface area contributed by atoms with E-state index in [1.54, 1.807) is 18.3 Å². The van der Waals surface area contributed by atoms with Crippen molar-refractivity contribution in [2.24, 2.45) is 5.41 Å². The highest BCUT2D eigenvalue weighted by Gasteiger charge is 2.09. The average molecular weight is 329 g/mol. The Kier molecular flexibility index (Phi) is 5.22. The zero-order chi connectivity index (χ0) is 17.0. The monoisotopic (exact) mass is 328 g/mol. The third-order valence-corrected chi connectivity index (χ3v) is 3.44. The molecule has 0 radical (unpaired) electrons. The highest BCUT2D eigenvalue weighted by atomic mass is 35.5. The van der Waals surface area contributed by atoms with Crippen LogP contribution in [0.25, 0.3) is 5.57 Å². The van der Waals surface area contributed by atoms with Crippen LogP contribution in [0, 0.1) is 5.41 Å². The van der Waals surface area contributed by atoms with Crippen molar-refractivity contribution in [3.63, 3.8) is 0 Å². The Morgan fingerprint density at radius 1 is 1.13 bits per heavy atom. The van der Waals surface area contributed by atoms with E-state index in [1.807, 2.05) is 24.3 Å². The predicted octanol–water partition coefficient (Wildman–Crippen LogP) is 5.44. The molecule has 1 amide bonds. The van der Waals surface area contributed by atoms with E-state index in [-0.39, 0.29) is 11.3 Å². The number of amides is 1. The summed E-state index contributed by atoms with van der Waals surface area (Å²) < 4.78 is 0. The smallest absolute Gasteiger partial charge is 0.255 e. The summed E-state index contributed by atoms with van der Waals surface area (Å²) in [5, 5.41) is 3.16. The zero-order valence-corrected chi connectivity index (χ0v) is 14.6. The molecule has 0 unspecified atom stereocenters. The lowest BCUT2D eigenvalue weighted by Gasteiger charge is -2.14. The highest BCUT2D eigenvalue weighted by molar-refractivity contribution is 6.29. The minimum Gasteiger partial charge on any atom is -0.322 e. The van der Waals surface area contributed by atoms with Crippen LogP contribution in [0.15, 0.2) is 48.7 Å². The molecule has 0 aliphatic carbocycles. The van der Waals surface area contributed by atoms with E-state index in [1.165, 1.54) is 5.57 Å². The molecule has 2 aromatic rings. The topological polar surface area (TPSA) is 42.0 Å². The molecule has 1 N–H and O–H groups in total. The molecule has 4 heteroatoms. The molecule has 0 fully saturated rings. The van der Waals surface area contributed by atoms with Crippen LogP contribution < -0.4 is 5.32 Å². The molecule has 0 aliphatic heterocycles. The van der Waals surface area contributed by atoms with Crippen LogP contribution in [0.4, 0.5) is 5.69 Å². The van der Waals surface area contributed by atoms with Gasteiger partial charge in [0, 0.05) is 17.4 Å². The maximum Gasteiger partial charge on any atom is 0.255 e. The largest absolute Gasteiger partial charge is 0.322 e. The second-order valence-corrected chi connectivity index (χ2v) is 6.98. The zero-order valence-electron chi connectivity index (χ0n) is 13.9. The Balaban J connectivity index is 2.13. The highest BCUT2D eigenvalue weighted by Crippen LogP contribution is 2.23. The van der Waals surface area contributed by atoms with Gasteiger partial charge in [-0.15, -0.1) is 0 Å². The fourth-order valence-corrected chi connectivity index (χ4v) is 2.47. The lowest BCUT2D eigenvalue weighted by atomic mass is 9.91. The fourth-order valence-electron chi connectivity index (χ4n) is 2.30. The van der Waals surface area contributed by atoms with Crippen LogP contribution in [0.3, 0.4) is 0 Å². The summed E-state index contributed by atoms with van der Waals surface area (Å²) in [6.07, 6.45) is 3.78. The van der Waals surface area contributed by atoms with E-state index in [0.717, 1.165) is 5.56 Å². The first-order chi connectivity index (χ1) is 10.7. The first-order valence-corrected chi connectivity index (χ1v) is 7.85. The molecular formula is C19H21ClN2O. The second kappa shape index (κ2) is 6.97. The number of hydrogen-bond acceptors (Lipinski definition) is 2. The van der Waals surface area contributed by atoms with Crippen LogP contribution in [-0.4, -0.2) is 10.9 Å². The van der Waals surface area contributed by atoms with Crippen LogP contribution in [0.5, 0.6) is 0 Å². The molecule has 0 bridgehead atoms.